The minimum atomic E-state index is -0.318. The standard InChI is InChI=1S/2C2H8N2Si.Ti/c2*1-3-5-4-2;/h2*5H2,1-2H3;/q2*-2;+4. The van der Waals surface area contributed by atoms with Crippen molar-refractivity contribution < 1.29 is 21.7 Å². The summed E-state index contributed by atoms with van der Waals surface area (Å²) in [5.74, 6) is 0. The Morgan fingerprint density at radius 1 is 0.636 bits per heavy atom. The minimum Gasteiger partial charge on any atom is -0.688 e. The van der Waals surface area contributed by atoms with Gasteiger partial charge in [-0.3, -0.25) is 0 Å². The van der Waals surface area contributed by atoms with Crippen LogP contribution in [0.15, 0.2) is 0 Å². The molecule has 0 unspecified atom stereocenters. The fraction of sp³-hybridized carbons (Fsp3) is 1.00. The van der Waals surface area contributed by atoms with Crippen LogP contribution in [0, 0.1) is 0 Å². The molecule has 0 aromatic carbocycles. The van der Waals surface area contributed by atoms with Crippen LogP contribution < -0.4 is 0 Å². The summed E-state index contributed by atoms with van der Waals surface area (Å²) in [4.78, 5) is 15.3. The molecule has 0 fully saturated rings. The van der Waals surface area contributed by atoms with Gasteiger partial charge in [0, 0.05) is 0 Å². The first-order valence-corrected chi connectivity index (χ1v) is 5.58. The molecule has 0 amide bonds. The smallest absolute Gasteiger partial charge is 0.688 e. The summed E-state index contributed by atoms with van der Waals surface area (Å²) in [6.07, 6.45) is 0. The monoisotopic (exact) mass is 224 g/mol. The van der Waals surface area contributed by atoms with Crippen molar-refractivity contribution in [2.75, 3.05) is 28.2 Å². The third kappa shape index (κ3) is 35.7. The number of nitrogens with zero attached hydrogens (tertiary/aromatic N) is 4. The first kappa shape index (κ1) is 17.9. The van der Waals surface area contributed by atoms with E-state index < -0.39 is 0 Å². The van der Waals surface area contributed by atoms with Gasteiger partial charge in [-0.2, -0.15) is 28.2 Å². The minimum absolute atomic E-state index is 0. The second-order valence-corrected chi connectivity index (χ2v) is 4.64. The molecule has 0 rings (SSSR count). The van der Waals surface area contributed by atoms with Crippen molar-refractivity contribution in [1.82, 2.24) is 0 Å². The van der Waals surface area contributed by atoms with Gasteiger partial charge < -0.3 is 19.9 Å². The maximum atomic E-state index is 3.83. The summed E-state index contributed by atoms with van der Waals surface area (Å²) in [6.45, 7) is 0. The van der Waals surface area contributed by atoms with Crippen molar-refractivity contribution in [3.05, 3.63) is 19.9 Å². The van der Waals surface area contributed by atoms with Gasteiger partial charge in [0.15, 0.2) is 0 Å². The molecule has 0 radical (unpaired) electrons. The zero-order chi connectivity index (χ0) is 8.24. The Balaban J connectivity index is -0.000000107. The van der Waals surface area contributed by atoms with E-state index >= 15 is 0 Å². The third-order valence-electron chi connectivity index (χ3n) is 0.566. The van der Waals surface area contributed by atoms with E-state index in [4.69, 9.17) is 0 Å². The van der Waals surface area contributed by atoms with Gasteiger partial charge in [-0.05, 0) is 0 Å². The Morgan fingerprint density at radius 2 is 0.818 bits per heavy atom. The van der Waals surface area contributed by atoms with Gasteiger partial charge in [-0.1, -0.05) is 0 Å². The van der Waals surface area contributed by atoms with Gasteiger partial charge in [0.25, 0.3) is 0 Å². The molecule has 7 heteroatoms. The Hall–Kier alpha value is 0.988. The average molecular weight is 224 g/mol. The van der Waals surface area contributed by atoms with Crippen LogP contribution >= 0.6 is 0 Å². The summed E-state index contributed by atoms with van der Waals surface area (Å²) in [5, 5.41) is 0. The van der Waals surface area contributed by atoms with Crippen molar-refractivity contribution in [3.63, 3.8) is 0 Å². The molecule has 0 saturated carbocycles. The molecule has 0 aliphatic rings. The molecule has 0 aliphatic heterocycles. The van der Waals surface area contributed by atoms with Gasteiger partial charge >= 0.3 is 21.7 Å². The Bertz CT molecular complexity index is 41.1. The molecule has 0 atom stereocenters. The van der Waals surface area contributed by atoms with Crippen LogP contribution in [0.25, 0.3) is 19.9 Å². The van der Waals surface area contributed by atoms with E-state index in [2.05, 4.69) is 19.9 Å². The van der Waals surface area contributed by atoms with E-state index in [0.29, 0.717) is 0 Å². The van der Waals surface area contributed by atoms with Crippen LogP contribution in [0.2, 0.25) is 0 Å². The van der Waals surface area contributed by atoms with Crippen LogP contribution in [0.5, 0.6) is 0 Å². The first-order valence-electron chi connectivity index (χ1n) is 3.05. The molecular formula is C4H16N4Si2Ti. The fourth-order valence-corrected chi connectivity index (χ4v) is 0.849. The van der Waals surface area contributed by atoms with Gasteiger partial charge in [-0.15, -0.1) is 0 Å². The largest absolute Gasteiger partial charge is 4.00 e. The van der Waals surface area contributed by atoms with Gasteiger partial charge in [0.1, 0.15) is 0 Å². The van der Waals surface area contributed by atoms with Gasteiger partial charge in [0.05, 0.1) is 0 Å². The second-order valence-electron chi connectivity index (χ2n) is 1.55. The summed E-state index contributed by atoms with van der Waals surface area (Å²) in [5.41, 5.74) is 0. The SMILES string of the molecule is C[N-][SiH2][N-]C.C[N-][SiH2][N-]C.[Ti+4]. The third-order valence-corrected chi connectivity index (χ3v) is 1.70. The Labute approximate surface area is 89.5 Å². The van der Waals surface area contributed by atoms with Crippen LogP contribution in [0.3, 0.4) is 0 Å². The van der Waals surface area contributed by atoms with Gasteiger partial charge in [0.2, 0.25) is 0 Å². The molecule has 0 saturated heterocycles. The molecular weight excluding hydrogens is 208 g/mol. The van der Waals surface area contributed by atoms with E-state index in [1.165, 1.54) is 0 Å². The topological polar surface area (TPSA) is 56.4 Å². The molecule has 0 aliphatic carbocycles. The van der Waals surface area contributed by atoms with Crippen molar-refractivity contribution in [2.45, 2.75) is 0 Å². The van der Waals surface area contributed by atoms with E-state index in [9.17, 15) is 0 Å². The van der Waals surface area contributed by atoms with Crippen molar-refractivity contribution in [3.8, 4) is 0 Å². The zero-order valence-electron chi connectivity index (χ0n) is 7.70. The Morgan fingerprint density at radius 3 is 0.818 bits per heavy atom. The summed E-state index contributed by atoms with van der Waals surface area (Å²) in [6, 6.07) is 0. The summed E-state index contributed by atoms with van der Waals surface area (Å²) < 4.78 is 0. The molecule has 0 spiro atoms. The normalized spacial score (nSPS) is 7.64. The average Bonchev–Trinajstić information content (AvgIpc) is 1.93. The molecule has 0 heterocycles. The summed E-state index contributed by atoms with van der Waals surface area (Å²) >= 11 is 0. The van der Waals surface area contributed by atoms with E-state index in [1.54, 1.807) is 28.2 Å². The van der Waals surface area contributed by atoms with Crippen LogP contribution in [-0.4, -0.2) is 47.9 Å². The van der Waals surface area contributed by atoms with Crippen molar-refractivity contribution >= 4 is 19.7 Å². The van der Waals surface area contributed by atoms with Crippen molar-refractivity contribution in [2.24, 2.45) is 0 Å². The van der Waals surface area contributed by atoms with E-state index in [1.807, 2.05) is 0 Å². The molecule has 0 aromatic rings. The molecule has 0 aromatic heterocycles. The number of hydrogen-bond acceptors (Lipinski definition) is 0. The van der Waals surface area contributed by atoms with Crippen LogP contribution in [-0.2, 0) is 21.7 Å². The number of rotatable bonds is 4. The molecule has 11 heavy (non-hydrogen) atoms. The molecule has 0 bridgehead atoms. The zero-order valence-corrected chi connectivity index (χ0v) is 12.1. The maximum absolute atomic E-state index is 3.83. The fourth-order valence-electron chi connectivity index (χ4n) is 0.283. The van der Waals surface area contributed by atoms with E-state index in [0.717, 1.165) is 0 Å². The quantitative estimate of drug-likeness (QED) is 0.603. The second kappa shape index (κ2) is 22.4. The number of hydrogen-bond donors (Lipinski definition) is 0. The molecule has 0 N–H and O–H groups in total. The Kier molecular flexibility index (Phi) is 36.6. The van der Waals surface area contributed by atoms with Crippen LogP contribution in [0.4, 0.5) is 0 Å². The predicted octanol–water partition coefficient (Wildman–Crippen LogP) is -0.0181. The van der Waals surface area contributed by atoms with Gasteiger partial charge in [-0.25, -0.2) is 19.7 Å². The summed E-state index contributed by atoms with van der Waals surface area (Å²) in [7, 11) is 6.58. The first-order chi connectivity index (χ1) is 4.83. The molecule has 64 valence electrons. The maximum Gasteiger partial charge on any atom is 4.00 e. The van der Waals surface area contributed by atoms with Crippen molar-refractivity contribution in [1.29, 1.82) is 0 Å². The van der Waals surface area contributed by atoms with Crippen LogP contribution in [0.1, 0.15) is 0 Å². The predicted molar refractivity (Wildman–Crippen MR) is 54.2 cm³/mol. The molecule has 4 nitrogen and oxygen atoms in total. The van der Waals surface area contributed by atoms with E-state index in [-0.39, 0.29) is 41.4 Å².